The van der Waals surface area contributed by atoms with Crippen LogP contribution in [0, 0.1) is 19.8 Å². The minimum absolute atomic E-state index is 0. The van der Waals surface area contributed by atoms with Gasteiger partial charge in [-0.1, -0.05) is 25.7 Å². The number of hydrogen-bond acceptors (Lipinski definition) is 0. The normalized spacial score (nSPS) is 9.33. The monoisotopic (exact) mass is 296 g/mol. The van der Waals surface area contributed by atoms with E-state index in [-0.39, 0.29) is 21.1 Å². The van der Waals surface area contributed by atoms with Crippen LogP contribution in [-0.2, 0) is 21.1 Å². The van der Waals surface area contributed by atoms with Crippen molar-refractivity contribution in [1.29, 1.82) is 0 Å². The smallest absolute Gasteiger partial charge is 0.343 e. The van der Waals surface area contributed by atoms with E-state index < -0.39 is 0 Å². The summed E-state index contributed by atoms with van der Waals surface area (Å²) in [5.74, 6) is 0.778. The number of rotatable bonds is 4. The van der Waals surface area contributed by atoms with Crippen LogP contribution in [0.1, 0.15) is 32.6 Å². The predicted molar refractivity (Wildman–Crippen MR) is 38.3 cm³/mol. The summed E-state index contributed by atoms with van der Waals surface area (Å²) in [6.45, 7) is 9.88. The van der Waals surface area contributed by atoms with Crippen molar-refractivity contribution in [3.63, 3.8) is 0 Å². The Labute approximate surface area is 73.7 Å². The molecule has 54 valence electrons. The molecule has 0 bridgehead atoms. The molecule has 0 aromatic heterocycles. The van der Waals surface area contributed by atoms with Gasteiger partial charge < -0.3 is 13.8 Å². The zero-order valence-corrected chi connectivity index (χ0v) is 9.16. The van der Waals surface area contributed by atoms with E-state index in [0.717, 1.165) is 18.8 Å². The second-order valence-electron chi connectivity index (χ2n) is 2.23. The van der Waals surface area contributed by atoms with E-state index in [1.165, 1.54) is 12.8 Å². The summed E-state index contributed by atoms with van der Waals surface area (Å²) in [5.41, 5.74) is 0. The molecule has 0 saturated heterocycles. The summed E-state index contributed by atoms with van der Waals surface area (Å²) < 4.78 is 0. The summed E-state index contributed by atoms with van der Waals surface area (Å²) >= 11 is 0. The van der Waals surface area contributed by atoms with Gasteiger partial charge in [0.1, 0.15) is 0 Å². The summed E-state index contributed by atoms with van der Waals surface area (Å²) in [5, 5.41) is 0. The summed E-state index contributed by atoms with van der Waals surface area (Å²) in [4.78, 5) is 0. The van der Waals surface area contributed by atoms with Gasteiger partial charge >= 0.3 is 21.1 Å². The second-order valence-corrected chi connectivity index (χ2v) is 2.23. The van der Waals surface area contributed by atoms with E-state index in [4.69, 9.17) is 0 Å². The van der Waals surface area contributed by atoms with Crippen LogP contribution in [0.25, 0.3) is 0 Å². The molecule has 0 saturated carbocycles. The van der Waals surface area contributed by atoms with Crippen molar-refractivity contribution < 1.29 is 21.1 Å². The van der Waals surface area contributed by atoms with Gasteiger partial charge in [-0.15, -0.1) is 0 Å². The van der Waals surface area contributed by atoms with Gasteiger partial charge in [-0.3, -0.25) is 0 Å². The molecule has 0 radical (unpaired) electrons. The average molecular weight is 296 g/mol. The van der Waals surface area contributed by atoms with Crippen molar-refractivity contribution in [2.24, 2.45) is 5.92 Å². The van der Waals surface area contributed by atoms with Gasteiger partial charge in [0.15, 0.2) is 0 Å². The Morgan fingerprint density at radius 2 is 1.67 bits per heavy atom. The van der Waals surface area contributed by atoms with E-state index in [2.05, 4.69) is 20.8 Å². The van der Waals surface area contributed by atoms with Crippen LogP contribution < -0.4 is 0 Å². The molecule has 0 amide bonds. The molecular formula is C8H16W. The molecular weight excluding hydrogens is 280 g/mol. The van der Waals surface area contributed by atoms with Crippen molar-refractivity contribution >= 4 is 0 Å². The first-order chi connectivity index (χ1) is 3.85. The Balaban J connectivity index is 0. The molecule has 0 nitrogen and oxygen atoms in total. The van der Waals surface area contributed by atoms with Crippen molar-refractivity contribution in [3.8, 4) is 0 Å². The Hall–Kier alpha value is 0.688. The Bertz CT molecular complexity index is 39.8. The molecule has 9 heavy (non-hydrogen) atoms. The quantitative estimate of drug-likeness (QED) is 0.700. The van der Waals surface area contributed by atoms with Crippen molar-refractivity contribution in [2.45, 2.75) is 32.6 Å². The zero-order valence-electron chi connectivity index (χ0n) is 6.23. The van der Waals surface area contributed by atoms with Gasteiger partial charge in [0.2, 0.25) is 0 Å². The topological polar surface area (TPSA) is 0 Å². The molecule has 0 unspecified atom stereocenters. The molecule has 0 N–H and O–H groups in total. The van der Waals surface area contributed by atoms with Crippen LogP contribution in [0.3, 0.4) is 0 Å². The molecule has 0 atom stereocenters. The van der Waals surface area contributed by atoms with Gasteiger partial charge in [0.05, 0.1) is 0 Å². The third-order valence-electron chi connectivity index (χ3n) is 1.51. The summed E-state index contributed by atoms with van der Waals surface area (Å²) in [6, 6.07) is 0. The summed E-state index contributed by atoms with van der Waals surface area (Å²) in [7, 11) is 0. The largest absolute Gasteiger partial charge is 2.00 e. The van der Waals surface area contributed by atoms with Crippen LogP contribution in [0.4, 0.5) is 0 Å². The summed E-state index contributed by atoms with van der Waals surface area (Å²) in [6.07, 6.45) is 4.68. The van der Waals surface area contributed by atoms with Gasteiger partial charge in [0, 0.05) is 0 Å². The van der Waals surface area contributed by atoms with Gasteiger partial charge in [-0.25, -0.2) is 0 Å². The fourth-order valence-corrected chi connectivity index (χ4v) is 0.841. The molecule has 0 heterocycles. The molecule has 0 aromatic carbocycles. The van der Waals surface area contributed by atoms with Gasteiger partial charge in [-0.2, -0.15) is 12.8 Å². The maximum atomic E-state index is 3.84. The standard InChI is InChI=1S/C8H16.W/c1-4-7-8(5-2)6-3;/h8H,2-7H2,1H3;/q-2;+2. The van der Waals surface area contributed by atoms with Gasteiger partial charge in [-0.05, 0) is 0 Å². The molecule has 0 rings (SSSR count). The Kier molecular flexibility index (Phi) is 11.9. The predicted octanol–water partition coefficient (Wildman–Crippen LogP) is 2.85. The van der Waals surface area contributed by atoms with E-state index in [9.17, 15) is 0 Å². The van der Waals surface area contributed by atoms with Crippen molar-refractivity contribution in [3.05, 3.63) is 13.8 Å². The van der Waals surface area contributed by atoms with Crippen LogP contribution in [0.5, 0.6) is 0 Å². The molecule has 0 spiro atoms. The maximum Gasteiger partial charge on any atom is 2.00 e. The van der Waals surface area contributed by atoms with Crippen LogP contribution >= 0.6 is 0 Å². The fourth-order valence-electron chi connectivity index (χ4n) is 0.841. The molecule has 0 aliphatic heterocycles. The first-order valence-corrected chi connectivity index (χ1v) is 3.43. The first-order valence-electron chi connectivity index (χ1n) is 3.43. The fraction of sp³-hybridized carbons (Fsp3) is 0.750. The average Bonchev–Trinajstić information content (AvgIpc) is 1.83. The van der Waals surface area contributed by atoms with Crippen LogP contribution in [0.15, 0.2) is 0 Å². The minimum atomic E-state index is 0. The van der Waals surface area contributed by atoms with Gasteiger partial charge in [0.25, 0.3) is 0 Å². The zero-order chi connectivity index (χ0) is 6.41. The third-order valence-corrected chi connectivity index (χ3v) is 1.51. The van der Waals surface area contributed by atoms with Crippen molar-refractivity contribution in [1.82, 2.24) is 0 Å². The van der Waals surface area contributed by atoms with Crippen LogP contribution in [0.2, 0.25) is 0 Å². The molecule has 0 aliphatic carbocycles. The Morgan fingerprint density at radius 1 is 1.22 bits per heavy atom. The second kappa shape index (κ2) is 8.69. The SMILES string of the molecule is [CH2-]CC(C[CH2-])CCC.[W+2]. The molecule has 0 aromatic rings. The molecule has 0 fully saturated rings. The van der Waals surface area contributed by atoms with E-state index >= 15 is 0 Å². The van der Waals surface area contributed by atoms with E-state index in [1.54, 1.807) is 0 Å². The van der Waals surface area contributed by atoms with Crippen LogP contribution in [-0.4, -0.2) is 0 Å². The molecule has 0 aliphatic rings. The minimum Gasteiger partial charge on any atom is -0.343 e. The Morgan fingerprint density at radius 3 is 1.78 bits per heavy atom. The third kappa shape index (κ3) is 6.58. The first kappa shape index (κ1) is 12.4. The molecule has 1 heteroatoms. The van der Waals surface area contributed by atoms with E-state index in [0.29, 0.717) is 0 Å². The van der Waals surface area contributed by atoms with E-state index in [1.807, 2.05) is 0 Å². The van der Waals surface area contributed by atoms with Crippen molar-refractivity contribution in [2.75, 3.05) is 0 Å². The number of hydrogen-bond donors (Lipinski definition) is 0. The maximum absolute atomic E-state index is 3.84.